The molecule has 2 aromatic heterocycles. The number of amides is 1. The van der Waals surface area contributed by atoms with Gasteiger partial charge >= 0.3 is 0 Å². The summed E-state index contributed by atoms with van der Waals surface area (Å²) in [4.78, 5) is 16.9. The number of hydrogen-bond acceptors (Lipinski definition) is 3. The highest BCUT2D eigenvalue weighted by atomic mass is 32.1. The van der Waals surface area contributed by atoms with Gasteiger partial charge in [0.1, 0.15) is 11.5 Å². The van der Waals surface area contributed by atoms with Crippen LogP contribution in [0.15, 0.2) is 42.0 Å². The minimum Gasteiger partial charge on any atom is -0.321 e. The molecule has 0 atom stereocenters. The van der Waals surface area contributed by atoms with Gasteiger partial charge in [-0.3, -0.25) is 9.20 Å². The molecule has 0 unspecified atom stereocenters. The first-order valence-corrected chi connectivity index (χ1v) is 6.09. The third kappa shape index (κ3) is 1.86. The van der Waals surface area contributed by atoms with Crippen molar-refractivity contribution in [2.24, 2.45) is 0 Å². The van der Waals surface area contributed by atoms with Crippen molar-refractivity contribution in [3.8, 4) is 0 Å². The van der Waals surface area contributed by atoms with Crippen LogP contribution in [0.1, 0.15) is 10.5 Å². The van der Waals surface area contributed by atoms with E-state index in [0.29, 0.717) is 11.4 Å². The second-order valence-corrected chi connectivity index (χ2v) is 4.50. The van der Waals surface area contributed by atoms with Crippen LogP contribution < -0.4 is 5.32 Å². The van der Waals surface area contributed by atoms with Gasteiger partial charge in [-0.15, -0.1) is 11.3 Å². The van der Waals surface area contributed by atoms with Gasteiger partial charge in [-0.1, -0.05) is 6.07 Å². The minimum absolute atomic E-state index is 0.287. The van der Waals surface area contributed by atoms with Crippen molar-refractivity contribution in [2.75, 3.05) is 5.32 Å². The number of nitrogens with one attached hydrogen (secondary N) is 1. The zero-order valence-electron chi connectivity index (χ0n) is 9.13. The molecule has 0 aliphatic rings. The summed E-state index contributed by atoms with van der Waals surface area (Å²) in [6.45, 7) is 0. The molecule has 0 bridgehead atoms. The maximum Gasteiger partial charge on any atom is 0.273 e. The van der Waals surface area contributed by atoms with Gasteiger partial charge in [0.05, 0.1) is 0 Å². The lowest BCUT2D eigenvalue weighted by Crippen LogP contribution is -2.13. The Labute approximate surface area is 106 Å². The fraction of sp³-hybridized carbons (Fsp3) is 0. The number of benzene rings is 1. The van der Waals surface area contributed by atoms with E-state index in [2.05, 4.69) is 10.3 Å². The van der Waals surface area contributed by atoms with Crippen LogP contribution in [0.2, 0.25) is 0 Å². The second-order valence-electron chi connectivity index (χ2n) is 3.67. The average Bonchev–Trinajstić information content (AvgIpc) is 2.89. The van der Waals surface area contributed by atoms with Gasteiger partial charge < -0.3 is 5.32 Å². The fourth-order valence-corrected chi connectivity index (χ4v) is 2.48. The van der Waals surface area contributed by atoms with E-state index in [0.717, 1.165) is 4.96 Å². The summed E-state index contributed by atoms with van der Waals surface area (Å²) >= 11 is 1.38. The van der Waals surface area contributed by atoms with Crippen molar-refractivity contribution in [1.82, 2.24) is 9.38 Å². The van der Waals surface area contributed by atoms with Gasteiger partial charge in [0.15, 0.2) is 4.96 Å². The number of imidazole rings is 1. The number of fused-ring (bicyclic) bond motifs is 1. The predicted molar refractivity (Wildman–Crippen MR) is 67.4 cm³/mol. The highest BCUT2D eigenvalue weighted by Gasteiger charge is 2.12. The summed E-state index contributed by atoms with van der Waals surface area (Å²) in [5.74, 6) is -0.671. The van der Waals surface area contributed by atoms with Gasteiger partial charge in [-0.05, 0) is 18.2 Å². The molecule has 1 aromatic carbocycles. The number of carbonyl (C=O) groups excluding carboxylic acids is 1. The standard InChI is InChI=1S/C12H8FN3OS/c13-8-2-1-3-9(6-8)15-11(17)10-7-18-12-14-4-5-16(10)12/h1-7H,(H,15,17). The molecule has 0 fully saturated rings. The smallest absolute Gasteiger partial charge is 0.273 e. The molecular weight excluding hydrogens is 253 g/mol. The summed E-state index contributed by atoms with van der Waals surface area (Å²) in [7, 11) is 0. The van der Waals surface area contributed by atoms with Crippen molar-refractivity contribution in [1.29, 1.82) is 0 Å². The van der Waals surface area contributed by atoms with E-state index in [9.17, 15) is 9.18 Å². The quantitative estimate of drug-likeness (QED) is 0.771. The van der Waals surface area contributed by atoms with E-state index < -0.39 is 0 Å². The largest absolute Gasteiger partial charge is 0.321 e. The molecular formula is C12H8FN3OS. The number of anilines is 1. The summed E-state index contributed by atoms with van der Waals surface area (Å²) in [6.07, 6.45) is 3.34. The SMILES string of the molecule is O=C(Nc1cccc(F)c1)c1csc2nccn12. The van der Waals surface area contributed by atoms with Crippen molar-refractivity contribution >= 4 is 27.9 Å². The third-order valence-corrected chi connectivity index (χ3v) is 3.31. The molecule has 1 N–H and O–H groups in total. The van der Waals surface area contributed by atoms with Gasteiger partial charge in [0, 0.05) is 23.5 Å². The van der Waals surface area contributed by atoms with Crippen molar-refractivity contribution < 1.29 is 9.18 Å². The monoisotopic (exact) mass is 261 g/mol. The molecule has 6 heteroatoms. The molecule has 0 saturated carbocycles. The molecule has 0 aliphatic heterocycles. The van der Waals surface area contributed by atoms with E-state index in [4.69, 9.17) is 0 Å². The zero-order chi connectivity index (χ0) is 12.5. The predicted octanol–water partition coefficient (Wildman–Crippen LogP) is 2.79. The molecule has 0 spiro atoms. The molecule has 0 saturated heterocycles. The molecule has 18 heavy (non-hydrogen) atoms. The van der Waals surface area contributed by atoms with E-state index in [-0.39, 0.29) is 11.7 Å². The van der Waals surface area contributed by atoms with Crippen LogP contribution >= 0.6 is 11.3 Å². The summed E-state index contributed by atoms with van der Waals surface area (Å²) in [6, 6.07) is 5.79. The molecule has 90 valence electrons. The van der Waals surface area contributed by atoms with Crippen LogP contribution in [0.3, 0.4) is 0 Å². The lowest BCUT2D eigenvalue weighted by atomic mass is 10.3. The number of hydrogen-bond donors (Lipinski definition) is 1. The first-order chi connectivity index (χ1) is 8.74. The van der Waals surface area contributed by atoms with Crippen LogP contribution in [0.5, 0.6) is 0 Å². The first kappa shape index (κ1) is 10.9. The topological polar surface area (TPSA) is 46.4 Å². The van der Waals surface area contributed by atoms with E-state index >= 15 is 0 Å². The Morgan fingerprint density at radius 3 is 3.17 bits per heavy atom. The van der Waals surface area contributed by atoms with Gasteiger partial charge in [-0.2, -0.15) is 0 Å². The zero-order valence-corrected chi connectivity index (χ0v) is 9.95. The Morgan fingerprint density at radius 1 is 1.44 bits per heavy atom. The molecule has 1 amide bonds. The van der Waals surface area contributed by atoms with Crippen molar-refractivity contribution in [2.45, 2.75) is 0 Å². The Morgan fingerprint density at radius 2 is 2.33 bits per heavy atom. The molecule has 2 heterocycles. The highest BCUT2D eigenvalue weighted by molar-refractivity contribution is 7.15. The van der Waals surface area contributed by atoms with Gasteiger partial charge in [0.25, 0.3) is 5.91 Å². The number of carbonyl (C=O) groups is 1. The average molecular weight is 261 g/mol. The Kier molecular flexibility index (Phi) is 2.56. The fourth-order valence-electron chi connectivity index (χ4n) is 1.65. The van der Waals surface area contributed by atoms with E-state index in [1.807, 2.05) is 0 Å². The van der Waals surface area contributed by atoms with Crippen LogP contribution in [-0.2, 0) is 0 Å². The van der Waals surface area contributed by atoms with Gasteiger partial charge in [-0.25, -0.2) is 9.37 Å². The van der Waals surface area contributed by atoms with Crippen molar-refractivity contribution in [3.63, 3.8) is 0 Å². The van der Waals surface area contributed by atoms with E-state index in [1.54, 1.807) is 34.3 Å². The number of aromatic nitrogens is 2. The summed E-state index contributed by atoms with van der Waals surface area (Å²) in [5.41, 5.74) is 0.913. The number of halogens is 1. The maximum atomic E-state index is 13.0. The van der Waals surface area contributed by atoms with Crippen LogP contribution in [0.25, 0.3) is 4.96 Å². The second kappa shape index (κ2) is 4.23. The Bertz CT molecular complexity index is 719. The lowest BCUT2D eigenvalue weighted by Gasteiger charge is -2.04. The molecule has 4 nitrogen and oxygen atoms in total. The third-order valence-electron chi connectivity index (χ3n) is 2.46. The summed E-state index contributed by atoms with van der Waals surface area (Å²) in [5, 5.41) is 4.37. The van der Waals surface area contributed by atoms with Crippen molar-refractivity contribution in [3.05, 3.63) is 53.6 Å². The highest BCUT2D eigenvalue weighted by Crippen LogP contribution is 2.16. The molecule has 3 aromatic rings. The normalized spacial score (nSPS) is 10.7. The first-order valence-electron chi connectivity index (χ1n) is 5.21. The number of nitrogens with zero attached hydrogens (tertiary/aromatic N) is 2. The minimum atomic E-state index is -0.383. The molecule has 3 rings (SSSR count). The molecule has 0 radical (unpaired) electrons. The van der Waals surface area contributed by atoms with Crippen LogP contribution in [0.4, 0.5) is 10.1 Å². The Hall–Kier alpha value is -2.21. The maximum absolute atomic E-state index is 13.0. The van der Waals surface area contributed by atoms with Crippen LogP contribution in [0, 0.1) is 5.82 Å². The summed E-state index contributed by atoms with van der Waals surface area (Å²) < 4.78 is 14.7. The Balaban J connectivity index is 1.90. The van der Waals surface area contributed by atoms with Gasteiger partial charge in [0.2, 0.25) is 0 Å². The van der Waals surface area contributed by atoms with Crippen LogP contribution in [-0.4, -0.2) is 15.3 Å². The number of thiazole rings is 1. The van der Waals surface area contributed by atoms with E-state index in [1.165, 1.54) is 23.5 Å². The molecule has 0 aliphatic carbocycles. The lowest BCUT2D eigenvalue weighted by molar-refractivity contribution is 0.102. The number of rotatable bonds is 2.